The summed E-state index contributed by atoms with van der Waals surface area (Å²) in [6.07, 6.45) is -0.517. The summed E-state index contributed by atoms with van der Waals surface area (Å²) < 4.78 is 39.1. The molecule has 0 radical (unpaired) electrons. The van der Waals surface area contributed by atoms with Crippen LogP contribution in [0, 0.1) is 6.92 Å². The minimum atomic E-state index is -4.44. The van der Waals surface area contributed by atoms with E-state index in [1.54, 1.807) is 6.08 Å². The van der Waals surface area contributed by atoms with Crippen molar-refractivity contribution < 1.29 is 13.2 Å². The highest BCUT2D eigenvalue weighted by molar-refractivity contribution is 6.20. The Balaban J connectivity index is 1.94. The predicted molar refractivity (Wildman–Crippen MR) is 84.3 cm³/mol. The summed E-state index contributed by atoms with van der Waals surface area (Å²) in [5, 5.41) is 0. The van der Waals surface area contributed by atoms with Crippen molar-refractivity contribution in [3.63, 3.8) is 0 Å². The van der Waals surface area contributed by atoms with E-state index in [0.29, 0.717) is 5.71 Å². The number of nitrogens with zero attached hydrogens (tertiary/aromatic N) is 2. The minimum absolute atomic E-state index is 0.118. The van der Waals surface area contributed by atoms with Gasteiger partial charge >= 0.3 is 6.18 Å². The van der Waals surface area contributed by atoms with E-state index in [1.807, 2.05) is 25.1 Å². The average molecular weight is 316 g/mol. The number of alkyl halides is 3. The van der Waals surface area contributed by atoms with Crippen molar-refractivity contribution in [3.8, 4) is 0 Å². The van der Waals surface area contributed by atoms with Gasteiger partial charge in [0, 0.05) is 11.8 Å². The lowest BCUT2D eigenvalue weighted by Crippen LogP contribution is -2.15. The Hall–Kier alpha value is -2.43. The van der Waals surface area contributed by atoms with Gasteiger partial charge < -0.3 is 0 Å². The first-order valence-corrected chi connectivity index (χ1v) is 7.33. The van der Waals surface area contributed by atoms with Gasteiger partial charge in [0.15, 0.2) is 0 Å². The van der Waals surface area contributed by atoms with Crippen molar-refractivity contribution in [1.82, 2.24) is 4.98 Å². The van der Waals surface area contributed by atoms with Gasteiger partial charge in [-0.2, -0.15) is 13.2 Å². The summed E-state index contributed by atoms with van der Waals surface area (Å²) in [7, 11) is 0. The maximum Gasteiger partial charge on any atom is 0.418 e. The maximum atomic E-state index is 13.0. The molecular formula is C18H15F3N2. The van der Waals surface area contributed by atoms with E-state index in [-0.39, 0.29) is 11.4 Å². The van der Waals surface area contributed by atoms with Crippen molar-refractivity contribution in [3.05, 3.63) is 70.6 Å². The molecule has 0 bridgehead atoms. The standard InChI is InChI=1S/C18H15F3N2/c1-3-12-6-4-7-13(11(12)2)15-10-16(23-15)17-14(18(19,20)21)8-5-9-22-17/h4-10H,3H2,1-2H3. The van der Waals surface area contributed by atoms with E-state index in [0.717, 1.165) is 23.6 Å². The third kappa shape index (κ3) is 2.79. The molecule has 1 aromatic heterocycles. The lowest BCUT2D eigenvalue weighted by atomic mass is 9.94. The summed E-state index contributed by atoms with van der Waals surface area (Å²) in [5.74, 6) is 0. The largest absolute Gasteiger partial charge is 0.418 e. The van der Waals surface area contributed by atoms with Crippen molar-refractivity contribution in [2.45, 2.75) is 26.4 Å². The molecule has 0 N–H and O–H groups in total. The van der Waals surface area contributed by atoms with Crippen LogP contribution in [0.2, 0.25) is 0 Å². The summed E-state index contributed by atoms with van der Waals surface area (Å²) in [6, 6.07) is 8.23. The van der Waals surface area contributed by atoms with Gasteiger partial charge in [-0.15, -0.1) is 0 Å². The molecule has 2 heterocycles. The maximum absolute atomic E-state index is 13.0. The van der Waals surface area contributed by atoms with Gasteiger partial charge in [-0.1, -0.05) is 25.1 Å². The number of aliphatic imine (C=N–C) groups is 1. The van der Waals surface area contributed by atoms with Crippen LogP contribution in [0.1, 0.15) is 34.9 Å². The molecule has 0 unspecified atom stereocenters. The van der Waals surface area contributed by atoms with Crippen LogP contribution in [0.15, 0.2) is 47.6 Å². The topological polar surface area (TPSA) is 25.2 Å². The normalized spacial score (nSPS) is 14.1. The first-order valence-electron chi connectivity index (χ1n) is 7.33. The SMILES string of the molecule is CCc1cccc(C2=NC(c3ncccc3C(F)(F)F)=C2)c1C. The third-order valence-electron chi connectivity index (χ3n) is 3.97. The van der Waals surface area contributed by atoms with Gasteiger partial charge in [0.2, 0.25) is 0 Å². The van der Waals surface area contributed by atoms with Crippen LogP contribution >= 0.6 is 0 Å². The first-order chi connectivity index (χ1) is 10.9. The van der Waals surface area contributed by atoms with Gasteiger partial charge in [-0.05, 0) is 42.7 Å². The number of benzene rings is 1. The molecule has 0 amide bonds. The van der Waals surface area contributed by atoms with Crippen LogP contribution in [0.5, 0.6) is 0 Å². The molecule has 0 atom stereocenters. The van der Waals surface area contributed by atoms with Gasteiger partial charge in [-0.25, -0.2) is 4.99 Å². The number of hydrogen-bond donors (Lipinski definition) is 0. The molecule has 2 nitrogen and oxygen atoms in total. The van der Waals surface area contributed by atoms with Crippen molar-refractivity contribution in [1.29, 1.82) is 0 Å². The van der Waals surface area contributed by atoms with Crippen LogP contribution in [-0.4, -0.2) is 10.7 Å². The number of pyridine rings is 1. The van der Waals surface area contributed by atoms with E-state index in [1.165, 1.54) is 17.8 Å². The van der Waals surface area contributed by atoms with Gasteiger partial charge in [-0.3, -0.25) is 4.98 Å². The lowest BCUT2D eigenvalue weighted by Gasteiger charge is -2.19. The molecule has 0 spiro atoms. The molecule has 3 rings (SSSR count). The second-order valence-electron chi connectivity index (χ2n) is 5.37. The second kappa shape index (κ2) is 5.65. The quantitative estimate of drug-likeness (QED) is 0.797. The van der Waals surface area contributed by atoms with E-state index >= 15 is 0 Å². The molecular weight excluding hydrogens is 301 g/mol. The fourth-order valence-electron chi connectivity index (χ4n) is 2.70. The summed E-state index contributed by atoms with van der Waals surface area (Å²) >= 11 is 0. The molecule has 2 aromatic rings. The zero-order valence-corrected chi connectivity index (χ0v) is 12.8. The Morgan fingerprint density at radius 2 is 1.83 bits per heavy atom. The lowest BCUT2D eigenvalue weighted by molar-refractivity contribution is -0.138. The van der Waals surface area contributed by atoms with Gasteiger partial charge in [0.25, 0.3) is 0 Å². The Bertz CT molecular complexity index is 817. The number of hydrogen-bond acceptors (Lipinski definition) is 2. The molecule has 1 aliphatic rings. The fourth-order valence-corrected chi connectivity index (χ4v) is 2.70. The van der Waals surface area contributed by atoms with Crippen LogP contribution < -0.4 is 0 Å². The molecule has 0 fully saturated rings. The first kappa shape index (κ1) is 15.5. The molecule has 0 aliphatic carbocycles. The van der Waals surface area contributed by atoms with E-state index in [4.69, 9.17) is 0 Å². The number of halogens is 3. The van der Waals surface area contributed by atoms with Crippen molar-refractivity contribution >= 4 is 11.4 Å². The van der Waals surface area contributed by atoms with Gasteiger partial charge in [0.1, 0.15) is 5.69 Å². The number of rotatable bonds is 3. The van der Waals surface area contributed by atoms with Gasteiger partial charge in [0.05, 0.1) is 17.0 Å². The Kier molecular flexibility index (Phi) is 3.80. The van der Waals surface area contributed by atoms with E-state index < -0.39 is 11.7 Å². The Morgan fingerprint density at radius 3 is 2.48 bits per heavy atom. The molecule has 118 valence electrons. The third-order valence-corrected chi connectivity index (χ3v) is 3.97. The zero-order valence-electron chi connectivity index (χ0n) is 12.8. The smallest absolute Gasteiger partial charge is 0.254 e. The van der Waals surface area contributed by atoms with E-state index in [9.17, 15) is 13.2 Å². The highest BCUT2D eigenvalue weighted by atomic mass is 19.4. The molecule has 5 heteroatoms. The highest BCUT2D eigenvalue weighted by Crippen LogP contribution is 2.36. The average Bonchev–Trinajstić information content (AvgIpc) is 2.47. The zero-order chi connectivity index (χ0) is 16.6. The monoisotopic (exact) mass is 316 g/mol. The van der Waals surface area contributed by atoms with Crippen molar-refractivity contribution in [2.24, 2.45) is 4.99 Å². The van der Waals surface area contributed by atoms with Crippen LogP contribution in [0.4, 0.5) is 13.2 Å². The number of aryl methyl sites for hydroxylation is 1. The summed E-state index contributed by atoms with van der Waals surface area (Å²) in [6.45, 7) is 4.07. The number of aromatic nitrogens is 1. The second-order valence-corrected chi connectivity index (χ2v) is 5.37. The molecule has 1 aromatic carbocycles. The van der Waals surface area contributed by atoms with E-state index in [2.05, 4.69) is 16.9 Å². The Morgan fingerprint density at radius 1 is 1.09 bits per heavy atom. The molecule has 0 saturated heterocycles. The highest BCUT2D eigenvalue weighted by Gasteiger charge is 2.35. The molecule has 0 saturated carbocycles. The molecule has 1 aliphatic heterocycles. The number of allylic oxidation sites excluding steroid dienone is 1. The van der Waals surface area contributed by atoms with Crippen LogP contribution in [0.25, 0.3) is 5.70 Å². The fraction of sp³-hybridized carbons (Fsp3) is 0.222. The van der Waals surface area contributed by atoms with Crippen LogP contribution in [0.3, 0.4) is 0 Å². The molecule has 23 heavy (non-hydrogen) atoms. The minimum Gasteiger partial charge on any atom is -0.254 e. The Labute approximate surface area is 132 Å². The summed E-state index contributed by atoms with van der Waals surface area (Å²) in [5.41, 5.74) is 3.38. The predicted octanol–water partition coefficient (Wildman–Crippen LogP) is 4.82. The summed E-state index contributed by atoms with van der Waals surface area (Å²) in [4.78, 5) is 8.14. The van der Waals surface area contributed by atoms with Crippen molar-refractivity contribution in [2.75, 3.05) is 0 Å². The van der Waals surface area contributed by atoms with Crippen LogP contribution in [-0.2, 0) is 12.6 Å².